The first-order valence-corrected chi connectivity index (χ1v) is 8.63. The van der Waals surface area contributed by atoms with Crippen molar-refractivity contribution >= 4 is 5.91 Å². The monoisotopic (exact) mass is 336 g/mol. The summed E-state index contributed by atoms with van der Waals surface area (Å²) in [5, 5.41) is 10.8. The van der Waals surface area contributed by atoms with E-state index >= 15 is 0 Å². The smallest absolute Gasteiger partial charge is 0.224 e. The van der Waals surface area contributed by atoms with Crippen LogP contribution >= 0.6 is 0 Å². The Bertz CT molecular complexity index is 550. The number of hydrogen-bond donors (Lipinski definition) is 1. The second kappa shape index (κ2) is 7.59. The van der Waals surface area contributed by atoms with Gasteiger partial charge >= 0.3 is 0 Å². The molecule has 0 spiro atoms. The molecule has 1 amide bonds. The number of piperidine rings is 1. The third-order valence-corrected chi connectivity index (χ3v) is 5.07. The highest BCUT2D eigenvalue weighted by molar-refractivity contribution is 5.76. The van der Waals surface area contributed by atoms with E-state index < -0.39 is 5.60 Å². The largest absolute Gasteiger partial charge is 0.385 e. The van der Waals surface area contributed by atoms with Gasteiger partial charge < -0.3 is 19.6 Å². The molecule has 0 radical (unpaired) electrons. The quantitative estimate of drug-likeness (QED) is 0.902. The van der Waals surface area contributed by atoms with Crippen molar-refractivity contribution in [1.29, 1.82) is 0 Å². The third kappa shape index (κ3) is 4.12. The van der Waals surface area contributed by atoms with E-state index in [9.17, 15) is 14.3 Å². The summed E-state index contributed by atoms with van der Waals surface area (Å²) in [6, 6.07) is 6.10. The van der Waals surface area contributed by atoms with Gasteiger partial charge in [0.2, 0.25) is 5.91 Å². The second-order valence-corrected chi connectivity index (χ2v) is 6.62. The summed E-state index contributed by atoms with van der Waals surface area (Å²) in [7, 11) is 0. The van der Waals surface area contributed by atoms with Crippen LogP contribution in [0.5, 0.6) is 0 Å². The number of morpholine rings is 1. The Hall–Kier alpha value is -1.50. The minimum absolute atomic E-state index is 0.178. The number of carbonyl (C=O) groups is 1. The van der Waals surface area contributed by atoms with Crippen LogP contribution in [0.2, 0.25) is 0 Å². The molecule has 0 unspecified atom stereocenters. The van der Waals surface area contributed by atoms with Crippen molar-refractivity contribution in [3.8, 4) is 0 Å². The summed E-state index contributed by atoms with van der Waals surface area (Å²) in [5.74, 6) is -0.112. The normalized spacial score (nSPS) is 21.7. The predicted octanol–water partition coefficient (Wildman–Crippen LogP) is 1.36. The van der Waals surface area contributed by atoms with Gasteiger partial charge in [-0.25, -0.2) is 4.39 Å². The lowest BCUT2D eigenvalue weighted by molar-refractivity contribution is -0.135. The Morgan fingerprint density at radius 3 is 2.38 bits per heavy atom. The molecule has 1 N–H and O–H groups in total. The highest BCUT2D eigenvalue weighted by Crippen LogP contribution is 2.32. The Balaban J connectivity index is 1.46. The van der Waals surface area contributed by atoms with E-state index in [1.807, 2.05) is 4.90 Å². The van der Waals surface area contributed by atoms with E-state index in [1.165, 1.54) is 12.1 Å². The molecule has 2 fully saturated rings. The molecule has 2 aliphatic heterocycles. The van der Waals surface area contributed by atoms with Crippen molar-refractivity contribution in [2.24, 2.45) is 0 Å². The highest BCUT2D eigenvalue weighted by atomic mass is 19.1. The van der Waals surface area contributed by atoms with Gasteiger partial charge in [-0.1, -0.05) is 12.1 Å². The molecule has 1 aromatic carbocycles. The first-order chi connectivity index (χ1) is 11.6. The van der Waals surface area contributed by atoms with Gasteiger partial charge in [0.1, 0.15) is 5.82 Å². The molecule has 24 heavy (non-hydrogen) atoms. The number of amides is 1. The zero-order valence-electron chi connectivity index (χ0n) is 13.9. The summed E-state index contributed by atoms with van der Waals surface area (Å²) in [4.78, 5) is 16.3. The highest BCUT2D eigenvalue weighted by Gasteiger charge is 2.34. The summed E-state index contributed by atoms with van der Waals surface area (Å²) >= 11 is 0. The summed E-state index contributed by atoms with van der Waals surface area (Å²) in [6.45, 7) is 4.82. The number of benzene rings is 1. The molecule has 3 rings (SSSR count). The number of nitrogens with zero attached hydrogens (tertiary/aromatic N) is 2. The second-order valence-electron chi connectivity index (χ2n) is 6.62. The Morgan fingerprint density at radius 2 is 1.75 bits per heavy atom. The molecule has 2 heterocycles. The lowest BCUT2D eigenvalue weighted by Gasteiger charge is -2.38. The topological polar surface area (TPSA) is 53.0 Å². The van der Waals surface area contributed by atoms with E-state index in [0.29, 0.717) is 45.6 Å². The maximum Gasteiger partial charge on any atom is 0.224 e. The van der Waals surface area contributed by atoms with Crippen molar-refractivity contribution in [1.82, 2.24) is 9.80 Å². The SMILES string of the molecule is O=C(CCN1CCC(O)(c2ccc(F)cc2)CC1)N1CCOCC1. The third-order valence-electron chi connectivity index (χ3n) is 5.07. The van der Waals surface area contributed by atoms with Crippen LogP contribution in [0.25, 0.3) is 0 Å². The number of rotatable bonds is 4. The Morgan fingerprint density at radius 1 is 1.12 bits per heavy atom. The van der Waals surface area contributed by atoms with Crippen molar-refractivity contribution in [3.63, 3.8) is 0 Å². The maximum absolute atomic E-state index is 13.0. The van der Waals surface area contributed by atoms with Crippen molar-refractivity contribution in [3.05, 3.63) is 35.6 Å². The van der Waals surface area contributed by atoms with Gasteiger partial charge in [-0.3, -0.25) is 4.79 Å². The molecule has 2 aliphatic rings. The zero-order valence-corrected chi connectivity index (χ0v) is 13.9. The van der Waals surface area contributed by atoms with Gasteiger partial charge in [-0.2, -0.15) is 0 Å². The van der Waals surface area contributed by atoms with Crippen LogP contribution in [0.15, 0.2) is 24.3 Å². The average molecular weight is 336 g/mol. The van der Waals surface area contributed by atoms with E-state index in [4.69, 9.17) is 4.74 Å². The fraction of sp³-hybridized carbons (Fsp3) is 0.611. The van der Waals surface area contributed by atoms with Gasteiger partial charge in [-0.15, -0.1) is 0 Å². The lowest BCUT2D eigenvalue weighted by Crippen LogP contribution is -2.45. The number of ether oxygens (including phenoxy) is 1. The number of hydrogen-bond acceptors (Lipinski definition) is 4. The first kappa shape index (κ1) is 17.3. The molecule has 132 valence electrons. The van der Waals surface area contributed by atoms with Crippen LogP contribution in [-0.2, 0) is 15.1 Å². The molecule has 1 aromatic rings. The van der Waals surface area contributed by atoms with Gasteiger partial charge in [0.05, 0.1) is 18.8 Å². The summed E-state index contributed by atoms with van der Waals surface area (Å²) < 4.78 is 18.3. The van der Waals surface area contributed by atoms with Crippen LogP contribution in [0.1, 0.15) is 24.8 Å². The summed E-state index contributed by atoms with van der Waals surface area (Å²) in [5.41, 5.74) is -0.119. The molecule has 0 saturated carbocycles. The lowest BCUT2D eigenvalue weighted by atomic mass is 9.84. The molecule has 0 atom stereocenters. The van der Waals surface area contributed by atoms with Crippen LogP contribution < -0.4 is 0 Å². The summed E-state index contributed by atoms with van der Waals surface area (Å²) in [6.07, 6.45) is 1.71. The van der Waals surface area contributed by atoms with Gasteiger partial charge in [0.25, 0.3) is 0 Å². The van der Waals surface area contributed by atoms with Crippen LogP contribution in [0, 0.1) is 5.82 Å². The molecule has 0 bridgehead atoms. The molecule has 0 aliphatic carbocycles. The molecule has 5 nitrogen and oxygen atoms in total. The maximum atomic E-state index is 13.0. The van der Waals surface area contributed by atoms with Crippen LogP contribution in [-0.4, -0.2) is 66.8 Å². The van der Waals surface area contributed by atoms with Crippen LogP contribution in [0.3, 0.4) is 0 Å². The predicted molar refractivity (Wildman–Crippen MR) is 88.0 cm³/mol. The number of halogens is 1. The van der Waals surface area contributed by atoms with Crippen molar-refractivity contribution in [2.75, 3.05) is 45.9 Å². The van der Waals surface area contributed by atoms with Gasteiger partial charge in [-0.05, 0) is 30.5 Å². The van der Waals surface area contributed by atoms with Crippen LogP contribution in [0.4, 0.5) is 4.39 Å². The van der Waals surface area contributed by atoms with E-state index in [-0.39, 0.29) is 11.7 Å². The molecular formula is C18H25FN2O3. The molecular weight excluding hydrogens is 311 g/mol. The fourth-order valence-electron chi connectivity index (χ4n) is 3.42. The Kier molecular flexibility index (Phi) is 5.48. The van der Waals surface area contributed by atoms with E-state index in [2.05, 4.69) is 4.90 Å². The molecule has 0 aromatic heterocycles. The Labute approximate surface area is 142 Å². The minimum Gasteiger partial charge on any atom is -0.385 e. The van der Waals surface area contributed by atoms with E-state index in [1.54, 1.807) is 12.1 Å². The molecule has 6 heteroatoms. The standard InChI is InChI=1S/C18H25FN2O3/c19-16-3-1-15(2-4-16)18(23)6-9-20(10-7-18)8-5-17(22)21-11-13-24-14-12-21/h1-4,23H,5-14H2. The van der Waals surface area contributed by atoms with E-state index in [0.717, 1.165) is 25.2 Å². The zero-order chi connectivity index (χ0) is 17.0. The van der Waals surface area contributed by atoms with Crippen molar-refractivity contribution < 1.29 is 19.0 Å². The van der Waals surface area contributed by atoms with Gasteiger partial charge in [0.15, 0.2) is 0 Å². The van der Waals surface area contributed by atoms with Gasteiger partial charge in [0, 0.05) is 39.1 Å². The number of carbonyl (C=O) groups excluding carboxylic acids is 1. The first-order valence-electron chi connectivity index (χ1n) is 8.63. The number of likely N-dealkylation sites (tertiary alicyclic amines) is 1. The average Bonchev–Trinajstić information content (AvgIpc) is 2.62. The number of aliphatic hydroxyl groups is 1. The fourth-order valence-corrected chi connectivity index (χ4v) is 3.42. The molecule has 2 saturated heterocycles. The minimum atomic E-state index is -0.890. The van der Waals surface area contributed by atoms with Crippen molar-refractivity contribution in [2.45, 2.75) is 24.9 Å².